The van der Waals surface area contributed by atoms with E-state index < -0.39 is 0 Å². The summed E-state index contributed by atoms with van der Waals surface area (Å²) in [6.07, 6.45) is 0.880. The molecule has 28 heavy (non-hydrogen) atoms. The molecule has 2 aromatic heterocycles. The van der Waals surface area contributed by atoms with Crippen LogP contribution >= 0.6 is 22.9 Å². The maximum atomic E-state index is 6.52. The van der Waals surface area contributed by atoms with Gasteiger partial charge in [-0.25, -0.2) is 0 Å². The summed E-state index contributed by atoms with van der Waals surface area (Å²) in [6.45, 7) is 2.47. The van der Waals surface area contributed by atoms with E-state index in [0.717, 1.165) is 39.9 Å². The Hall–Kier alpha value is -2.76. The molecule has 6 heteroatoms. The van der Waals surface area contributed by atoms with Crippen LogP contribution in [0.15, 0.2) is 65.7 Å². The van der Waals surface area contributed by atoms with Gasteiger partial charge in [0.1, 0.15) is 17.4 Å². The van der Waals surface area contributed by atoms with E-state index in [1.54, 1.807) is 11.3 Å². The molecular weight excluding hydrogens is 388 g/mol. The Labute approximate surface area is 172 Å². The van der Waals surface area contributed by atoms with Gasteiger partial charge in [-0.3, -0.25) is 9.56 Å². The summed E-state index contributed by atoms with van der Waals surface area (Å²) < 4.78 is 2.13. The van der Waals surface area contributed by atoms with Gasteiger partial charge in [0.25, 0.3) is 0 Å². The molecule has 0 spiro atoms. The van der Waals surface area contributed by atoms with E-state index in [9.17, 15) is 0 Å². The quantitative estimate of drug-likeness (QED) is 0.469. The number of halogens is 1. The largest absolute Gasteiger partial charge is 0.276 e. The highest BCUT2D eigenvalue weighted by atomic mass is 35.5. The van der Waals surface area contributed by atoms with Crippen molar-refractivity contribution in [3.8, 4) is 5.00 Å². The third kappa shape index (κ3) is 2.97. The Morgan fingerprint density at radius 2 is 1.79 bits per heavy atom. The van der Waals surface area contributed by atoms with Crippen LogP contribution in [0.1, 0.15) is 33.2 Å². The minimum atomic E-state index is 0.483. The normalized spacial score (nSPS) is 12.9. The second-order valence-corrected chi connectivity index (χ2v) is 8.26. The van der Waals surface area contributed by atoms with Gasteiger partial charge >= 0.3 is 0 Å². The molecule has 5 rings (SSSR count). The van der Waals surface area contributed by atoms with Crippen LogP contribution in [0.2, 0.25) is 5.02 Å². The number of nitrogens with zero attached hydrogens (tertiary/aromatic N) is 4. The summed E-state index contributed by atoms with van der Waals surface area (Å²) in [5.41, 5.74) is 4.24. The first-order chi connectivity index (χ1) is 13.7. The molecule has 138 valence electrons. The van der Waals surface area contributed by atoms with Crippen LogP contribution in [0.5, 0.6) is 0 Å². The fourth-order valence-corrected chi connectivity index (χ4v) is 5.03. The van der Waals surface area contributed by atoms with Crippen molar-refractivity contribution in [3.05, 3.63) is 98.9 Å². The summed E-state index contributed by atoms with van der Waals surface area (Å²) in [4.78, 5) is 6.16. The molecule has 0 radical (unpaired) electrons. The van der Waals surface area contributed by atoms with E-state index in [4.69, 9.17) is 16.6 Å². The lowest BCUT2D eigenvalue weighted by Crippen LogP contribution is -2.05. The summed E-state index contributed by atoms with van der Waals surface area (Å²) in [6, 6.07) is 20.6. The number of fused-ring (bicyclic) bond motifs is 3. The lowest BCUT2D eigenvalue weighted by atomic mass is 10.0. The number of thiophene rings is 1. The first kappa shape index (κ1) is 17.3. The Morgan fingerprint density at radius 1 is 1.00 bits per heavy atom. The Bertz CT molecular complexity index is 1190. The number of aliphatic imine (C=N–C) groups is 1. The van der Waals surface area contributed by atoms with E-state index in [2.05, 4.69) is 45.1 Å². The fraction of sp³-hybridized carbons (Fsp3) is 0.136. The van der Waals surface area contributed by atoms with Crippen molar-refractivity contribution < 1.29 is 0 Å². The molecular formula is C22H17ClN4S. The van der Waals surface area contributed by atoms with E-state index in [1.165, 1.54) is 10.4 Å². The van der Waals surface area contributed by atoms with Gasteiger partial charge in [-0.2, -0.15) is 0 Å². The zero-order valence-corrected chi connectivity index (χ0v) is 16.8. The molecule has 1 aliphatic heterocycles. The van der Waals surface area contributed by atoms with Gasteiger partial charge in [0, 0.05) is 27.4 Å². The second kappa shape index (κ2) is 7.00. The fourth-order valence-electron chi connectivity index (χ4n) is 3.54. The molecule has 3 heterocycles. The molecule has 0 bridgehead atoms. The summed E-state index contributed by atoms with van der Waals surface area (Å²) in [5, 5.41) is 10.4. The average Bonchev–Trinajstić information content (AvgIpc) is 3.23. The Morgan fingerprint density at radius 3 is 2.61 bits per heavy atom. The van der Waals surface area contributed by atoms with Crippen molar-refractivity contribution in [2.24, 2.45) is 4.99 Å². The van der Waals surface area contributed by atoms with Crippen molar-refractivity contribution in [3.63, 3.8) is 0 Å². The zero-order chi connectivity index (χ0) is 19.1. The first-order valence-electron chi connectivity index (χ1n) is 9.08. The molecule has 4 nitrogen and oxygen atoms in total. The van der Waals surface area contributed by atoms with Gasteiger partial charge in [-0.15, -0.1) is 21.5 Å². The predicted molar refractivity (Wildman–Crippen MR) is 114 cm³/mol. The van der Waals surface area contributed by atoms with Crippen molar-refractivity contribution in [2.75, 3.05) is 0 Å². The zero-order valence-electron chi connectivity index (χ0n) is 15.3. The number of hydrogen-bond acceptors (Lipinski definition) is 4. The molecule has 0 aliphatic carbocycles. The maximum Gasteiger partial charge on any atom is 0.160 e. The van der Waals surface area contributed by atoms with E-state index in [0.29, 0.717) is 11.6 Å². The third-order valence-electron chi connectivity index (χ3n) is 4.84. The average molecular weight is 405 g/mol. The highest BCUT2D eigenvalue weighted by molar-refractivity contribution is 7.15. The molecule has 0 unspecified atom stereocenters. The number of benzene rings is 2. The summed E-state index contributed by atoms with van der Waals surface area (Å²) >= 11 is 8.29. The lowest BCUT2D eigenvalue weighted by molar-refractivity contribution is 0.869. The second-order valence-electron chi connectivity index (χ2n) is 6.74. The lowest BCUT2D eigenvalue weighted by Gasteiger charge is -2.08. The van der Waals surface area contributed by atoms with Gasteiger partial charge in [-0.05, 0) is 24.6 Å². The Kier molecular flexibility index (Phi) is 4.34. The molecule has 0 N–H and O–H groups in total. The third-order valence-corrected chi connectivity index (χ3v) is 6.29. The van der Waals surface area contributed by atoms with Gasteiger partial charge in [0.05, 0.1) is 5.71 Å². The highest BCUT2D eigenvalue weighted by Crippen LogP contribution is 2.35. The van der Waals surface area contributed by atoms with Crippen molar-refractivity contribution in [1.82, 2.24) is 14.8 Å². The Balaban J connectivity index is 1.68. The molecule has 0 saturated carbocycles. The smallest absolute Gasteiger partial charge is 0.160 e. The highest BCUT2D eigenvalue weighted by Gasteiger charge is 2.25. The number of aromatic nitrogens is 3. The van der Waals surface area contributed by atoms with Crippen molar-refractivity contribution in [1.29, 1.82) is 0 Å². The van der Waals surface area contributed by atoms with E-state index in [-0.39, 0.29) is 0 Å². The topological polar surface area (TPSA) is 43.1 Å². The van der Waals surface area contributed by atoms with Crippen LogP contribution in [0, 0.1) is 6.92 Å². The van der Waals surface area contributed by atoms with Crippen LogP contribution in [-0.4, -0.2) is 20.5 Å². The maximum absolute atomic E-state index is 6.52. The summed E-state index contributed by atoms with van der Waals surface area (Å²) in [7, 11) is 0. The number of aryl methyl sites for hydroxylation is 1. The van der Waals surface area contributed by atoms with Gasteiger partial charge in [0.2, 0.25) is 0 Å². The number of rotatable bonds is 3. The van der Waals surface area contributed by atoms with E-state index in [1.807, 2.05) is 37.3 Å². The molecule has 0 amide bonds. The summed E-state index contributed by atoms with van der Waals surface area (Å²) in [5.74, 6) is 1.73. The monoisotopic (exact) mass is 404 g/mol. The first-order valence-corrected chi connectivity index (χ1v) is 10.3. The van der Waals surface area contributed by atoms with Gasteiger partial charge in [-0.1, -0.05) is 60.1 Å². The van der Waals surface area contributed by atoms with Gasteiger partial charge in [0.15, 0.2) is 5.82 Å². The molecule has 0 fully saturated rings. The molecule has 4 aromatic rings. The van der Waals surface area contributed by atoms with Crippen LogP contribution in [0.25, 0.3) is 5.00 Å². The van der Waals surface area contributed by atoms with Crippen LogP contribution in [0.3, 0.4) is 0 Å². The van der Waals surface area contributed by atoms with Crippen molar-refractivity contribution in [2.45, 2.75) is 19.9 Å². The molecule has 0 atom stereocenters. The molecule has 2 aromatic carbocycles. The van der Waals surface area contributed by atoms with Crippen molar-refractivity contribution >= 4 is 28.6 Å². The minimum absolute atomic E-state index is 0.483. The standard InChI is InChI=1S/C22H17ClN4S/c1-14-25-26-20-13-24-21(17-9-5-6-10-19(17)23)18-12-16(28-22(18)27(14)20)11-15-7-3-2-4-8-15/h2-10,12H,11,13H2,1H3. The van der Waals surface area contributed by atoms with Crippen LogP contribution in [0.4, 0.5) is 0 Å². The van der Waals surface area contributed by atoms with Crippen LogP contribution < -0.4 is 0 Å². The van der Waals surface area contributed by atoms with E-state index >= 15 is 0 Å². The molecule has 1 aliphatic rings. The minimum Gasteiger partial charge on any atom is -0.276 e. The predicted octanol–water partition coefficient (Wildman–Crippen LogP) is 5.23. The van der Waals surface area contributed by atoms with Crippen LogP contribution in [-0.2, 0) is 13.0 Å². The number of hydrogen-bond donors (Lipinski definition) is 0. The molecule has 0 saturated heterocycles. The SMILES string of the molecule is Cc1nnc2n1-c1sc(Cc3ccccc3)cc1C(c1ccccc1Cl)=NC2. The van der Waals surface area contributed by atoms with Gasteiger partial charge < -0.3 is 0 Å².